The molecular weight excluding hydrogens is 293 g/mol. The molecule has 1 unspecified atom stereocenters. The Morgan fingerprint density at radius 3 is 2.65 bits per heavy atom. The Kier molecular flexibility index (Phi) is 5.08. The van der Waals surface area contributed by atoms with E-state index in [-0.39, 0.29) is 6.04 Å². The molecule has 108 valence electrons. The van der Waals surface area contributed by atoms with E-state index in [1.54, 1.807) is 0 Å². The molecule has 0 saturated heterocycles. The number of nitrogens with one attached hydrogen (secondary N) is 1. The number of halogens is 2. The third-order valence-electron chi connectivity index (χ3n) is 3.30. The van der Waals surface area contributed by atoms with Gasteiger partial charge < -0.3 is 5.32 Å². The average Bonchev–Trinajstić information content (AvgIpc) is 2.70. The van der Waals surface area contributed by atoms with Gasteiger partial charge in [0.25, 0.3) is 0 Å². The van der Waals surface area contributed by atoms with Gasteiger partial charge >= 0.3 is 0 Å². The maximum absolute atomic E-state index is 6.32. The van der Waals surface area contributed by atoms with Crippen molar-refractivity contribution in [2.75, 3.05) is 6.54 Å². The molecule has 0 aliphatic heterocycles. The second-order valence-electron chi connectivity index (χ2n) is 4.88. The highest BCUT2D eigenvalue weighted by atomic mass is 35.5. The smallest absolute Gasteiger partial charge is 0.0596 e. The summed E-state index contributed by atoms with van der Waals surface area (Å²) in [6.45, 7) is 4.95. The quantitative estimate of drug-likeness (QED) is 0.906. The molecule has 0 saturated carbocycles. The number of hydrogen-bond acceptors (Lipinski definition) is 2. The lowest BCUT2D eigenvalue weighted by molar-refractivity contribution is 0.529. The molecular formula is C15H19Cl2N3. The van der Waals surface area contributed by atoms with Crippen LogP contribution in [0.3, 0.4) is 0 Å². The van der Waals surface area contributed by atoms with Gasteiger partial charge in [0.1, 0.15) is 0 Å². The summed E-state index contributed by atoms with van der Waals surface area (Å²) in [5.41, 5.74) is 3.22. The highest BCUT2D eigenvalue weighted by Gasteiger charge is 2.17. The number of hydrogen-bond donors (Lipinski definition) is 1. The molecule has 2 aromatic rings. The Balaban J connectivity index is 2.31. The zero-order chi connectivity index (χ0) is 14.7. The molecule has 0 fully saturated rings. The molecule has 0 bridgehead atoms. The second kappa shape index (κ2) is 6.61. The predicted molar refractivity (Wildman–Crippen MR) is 84.5 cm³/mol. The Morgan fingerprint density at radius 2 is 2.05 bits per heavy atom. The van der Waals surface area contributed by atoms with Crippen molar-refractivity contribution in [2.24, 2.45) is 7.05 Å². The highest BCUT2D eigenvalue weighted by Crippen LogP contribution is 2.28. The molecule has 1 aromatic carbocycles. The van der Waals surface area contributed by atoms with Gasteiger partial charge in [0, 0.05) is 35.2 Å². The maximum Gasteiger partial charge on any atom is 0.0596 e. The molecule has 0 spiro atoms. The van der Waals surface area contributed by atoms with Crippen LogP contribution in [-0.4, -0.2) is 16.3 Å². The summed E-state index contributed by atoms with van der Waals surface area (Å²) in [7, 11) is 1.96. The topological polar surface area (TPSA) is 29.9 Å². The molecule has 1 heterocycles. The maximum atomic E-state index is 6.32. The molecule has 3 nitrogen and oxygen atoms in total. The highest BCUT2D eigenvalue weighted by molar-refractivity contribution is 6.33. The lowest BCUT2D eigenvalue weighted by Gasteiger charge is -2.20. The van der Waals surface area contributed by atoms with Gasteiger partial charge in [-0.05, 0) is 43.3 Å². The second-order valence-corrected chi connectivity index (χ2v) is 5.72. The number of nitrogens with zero attached hydrogens (tertiary/aromatic N) is 2. The normalized spacial score (nSPS) is 12.7. The van der Waals surface area contributed by atoms with Crippen molar-refractivity contribution < 1.29 is 0 Å². The van der Waals surface area contributed by atoms with Gasteiger partial charge in [-0.3, -0.25) is 4.68 Å². The molecule has 1 N–H and O–H groups in total. The molecule has 5 heteroatoms. The molecule has 1 aromatic heterocycles. The fourth-order valence-electron chi connectivity index (χ4n) is 2.38. The van der Waals surface area contributed by atoms with E-state index in [9.17, 15) is 0 Å². The molecule has 0 aliphatic carbocycles. The van der Waals surface area contributed by atoms with Crippen LogP contribution < -0.4 is 5.32 Å². The number of aromatic nitrogens is 2. The van der Waals surface area contributed by atoms with Crippen LogP contribution >= 0.6 is 23.2 Å². The Labute approximate surface area is 129 Å². The standard InChI is InChI=1S/C15H19Cl2N3/c1-4-18-15(9-12-7-10(2)19-20(12)3)13-8-11(16)5-6-14(13)17/h5-8,15,18H,4,9H2,1-3H3. The minimum absolute atomic E-state index is 0.126. The summed E-state index contributed by atoms with van der Waals surface area (Å²) in [6.07, 6.45) is 0.825. The van der Waals surface area contributed by atoms with Crippen molar-refractivity contribution >= 4 is 23.2 Å². The molecule has 0 aliphatic rings. The van der Waals surface area contributed by atoms with E-state index in [0.29, 0.717) is 5.02 Å². The summed E-state index contributed by atoms with van der Waals surface area (Å²) in [5.74, 6) is 0. The number of benzene rings is 1. The van der Waals surface area contributed by atoms with Crippen LogP contribution in [0.25, 0.3) is 0 Å². The van der Waals surface area contributed by atoms with Crippen LogP contribution in [0.15, 0.2) is 24.3 Å². The van der Waals surface area contributed by atoms with Gasteiger partial charge in [-0.15, -0.1) is 0 Å². The largest absolute Gasteiger partial charge is 0.310 e. The first-order chi connectivity index (χ1) is 9.51. The van der Waals surface area contributed by atoms with E-state index in [1.807, 2.05) is 36.9 Å². The first-order valence-electron chi connectivity index (χ1n) is 6.69. The Bertz CT molecular complexity index is 593. The van der Waals surface area contributed by atoms with Gasteiger partial charge in [-0.2, -0.15) is 5.10 Å². The summed E-state index contributed by atoms with van der Waals surface area (Å²) in [4.78, 5) is 0. The van der Waals surface area contributed by atoms with Crippen LogP contribution in [0.5, 0.6) is 0 Å². The monoisotopic (exact) mass is 311 g/mol. The van der Waals surface area contributed by atoms with Crippen LogP contribution in [0.4, 0.5) is 0 Å². The van der Waals surface area contributed by atoms with E-state index < -0.39 is 0 Å². The van der Waals surface area contributed by atoms with Crippen molar-refractivity contribution in [1.29, 1.82) is 0 Å². The number of rotatable bonds is 5. The van der Waals surface area contributed by atoms with E-state index in [2.05, 4.69) is 23.4 Å². The van der Waals surface area contributed by atoms with Crippen LogP contribution in [-0.2, 0) is 13.5 Å². The Morgan fingerprint density at radius 1 is 1.30 bits per heavy atom. The van der Waals surface area contributed by atoms with Crippen molar-refractivity contribution in [3.05, 3.63) is 51.3 Å². The summed E-state index contributed by atoms with van der Waals surface area (Å²) < 4.78 is 1.91. The van der Waals surface area contributed by atoms with Crippen molar-refractivity contribution in [2.45, 2.75) is 26.3 Å². The number of aryl methyl sites for hydroxylation is 2. The van der Waals surface area contributed by atoms with E-state index in [4.69, 9.17) is 23.2 Å². The summed E-state index contributed by atoms with van der Waals surface area (Å²) in [6, 6.07) is 7.81. The van der Waals surface area contributed by atoms with Crippen molar-refractivity contribution in [3.8, 4) is 0 Å². The van der Waals surface area contributed by atoms with Crippen molar-refractivity contribution in [1.82, 2.24) is 15.1 Å². The number of likely N-dealkylation sites (N-methyl/N-ethyl adjacent to an activating group) is 1. The molecule has 1 atom stereocenters. The zero-order valence-electron chi connectivity index (χ0n) is 12.0. The third kappa shape index (κ3) is 3.54. The minimum atomic E-state index is 0.126. The first kappa shape index (κ1) is 15.4. The van der Waals surface area contributed by atoms with Crippen molar-refractivity contribution in [3.63, 3.8) is 0 Å². The zero-order valence-corrected chi connectivity index (χ0v) is 13.5. The summed E-state index contributed by atoms with van der Waals surface area (Å²) >= 11 is 12.4. The van der Waals surface area contributed by atoms with Gasteiger partial charge in [-0.1, -0.05) is 30.1 Å². The fourth-order valence-corrected chi connectivity index (χ4v) is 2.81. The van der Waals surface area contributed by atoms with Crippen LogP contribution in [0.2, 0.25) is 10.0 Å². The predicted octanol–water partition coefficient (Wildman–Crippen LogP) is 3.93. The van der Waals surface area contributed by atoms with Crippen LogP contribution in [0.1, 0.15) is 29.9 Å². The average molecular weight is 312 g/mol. The first-order valence-corrected chi connectivity index (χ1v) is 7.44. The van der Waals surface area contributed by atoms with E-state index >= 15 is 0 Å². The van der Waals surface area contributed by atoms with E-state index in [0.717, 1.165) is 29.2 Å². The lowest BCUT2D eigenvalue weighted by atomic mass is 10.0. The Hall–Kier alpha value is -1.03. The van der Waals surface area contributed by atoms with Gasteiger partial charge in [0.15, 0.2) is 0 Å². The molecule has 0 radical (unpaired) electrons. The molecule has 20 heavy (non-hydrogen) atoms. The van der Waals surface area contributed by atoms with Gasteiger partial charge in [0.2, 0.25) is 0 Å². The molecule has 2 rings (SSSR count). The summed E-state index contributed by atoms with van der Waals surface area (Å²) in [5, 5.41) is 9.29. The van der Waals surface area contributed by atoms with Gasteiger partial charge in [-0.25, -0.2) is 0 Å². The van der Waals surface area contributed by atoms with E-state index in [1.165, 1.54) is 5.69 Å². The molecule has 0 amide bonds. The van der Waals surface area contributed by atoms with Gasteiger partial charge in [0.05, 0.1) is 5.69 Å². The fraction of sp³-hybridized carbons (Fsp3) is 0.400. The third-order valence-corrected chi connectivity index (χ3v) is 3.88. The van der Waals surface area contributed by atoms with Crippen LogP contribution in [0, 0.1) is 6.92 Å². The SMILES string of the molecule is CCNC(Cc1cc(C)nn1C)c1cc(Cl)ccc1Cl. The minimum Gasteiger partial charge on any atom is -0.310 e. The lowest BCUT2D eigenvalue weighted by Crippen LogP contribution is -2.24.